The van der Waals surface area contributed by atoms with Gasteiger partial charge in [0.2, 0.25) is 0 Å². The fourth-order valence-electron chi connectivity index (χ4n) is 3.64. The Bertz CT molecular complexity index is 704. The topological polar surface area (TPSA) is 179 Å². The highest BCUT2D eigenvalue weighted by atomic mass is 16.7. The van der Waals surface area contributed by atoms with E-state index in [9.17, 15) is 35.7 Å². The van der Waals surface area contributed by atoms with Gasteiger partial charge in [-0.3, -0.25) is 0 Å². The van der Waals surface area contributed by atoms with Gasteiger partial charge in [0.05, 0.1) is 32.0 Å². The van der Waals surface area contributed by atoms with Crippen molar-refractivity contribution in [3.63, 3.8) is 0 Å². The van der Waals surface area contributed by atoms with Gasteiger partial charge in [0.1, 0.15) is 36.1 Å². The lowest BCUT2D eigenvalue weighted by atomic mass is 9.98. The first kappa shape index (κ1) is 25.4. The van der Waals surface area contributed by atoms with Crippen LogP contribution in [0.15, 0.2) is 30.3 Å². The van der Waals surface area contributed by atoms with E-state index in [1.807, 2.05) is 30.3 Å². The third-order valence-corrected chi connectivity index (χ3v) is 5.80. The summed E-state index contributed by atoms with van der Waals surface area (Å²) < 4.78 is 21.9. The van der Waals surface area contributed by atoms with Crippen molar-refractivity contribution in [1.82, 2.24) is 0 Å². The maximum atomic E-state index is 10.3. The number of aliphatic hydroxyl groups is 7. The molecule has 2 aliphatic rings. The van der Waals surface area contributed by atoms with Gasteiger partial charge in [0.15, 0.2) is 12.6 Å². The van der Waals surface area contributed by atoms with Gasteiger partial charge >= 0.3 is 0 Å². The molecule has 1 aromatic rings. The second kappa shape index (κ2) is 10.8. The van der Waals surface area contributed by atoms with Gasteiger partial charge in [0.25, 0.3) is 0 Å². The summed E-state index contributed by atoms with van der Waals surface area (Å²) in [4.78, 5) is 0. The molecule has 2 heterocycles. The standard InChI is InChI=1S/C21H32O11/c1-11(23)13(7-12-5-3-2-4-6-12)31-19-17(26)16(25)15(24)14(32-19)8-29-20-18(27)21(28,9-22)10-30-20/h2-6,11,13-20,22-28H,7-10H2,1H3. The van der Waals surface area contributed by atoms with Crippen molar-refractivity contribution in [2.24, 2.45) is 0 Å². The van der Waals surface area contributed by atoms with Crippen molar-refractivity contribution in [1.29, 1.82) is 0 Å². The quantitative estimate of drug-likeness (QED) is 0.203. The minimum absolute atomic E-state index is 0.312. The Hall–Kier alpha value is -1.22. The molecule has 0 spiro atoms. The monoisotopic (exact) mass is 460 g/mol. The molecule has 182 valence electrons. The third kappa shape index (κ3) is 5.64. The lowest BCUT2D eigenvalue weighted by Crippen LogP contribution is -2.60. The van der Waals surface area contributed by atoms with E-state index < -0.39 is 67.5 Å². The summed E-state index contributed by atoms with van der Waals surface area (Å²) in [6.07, 6.45) is -11.5. The molecule has 2 aliphatic heterocycles. The minimum atomic E-state index is -1.88. The molecule has 2 fully saturated rings. The predicted molar refractivity (Wildman–Crippen MR) is 107 cm³/mol. The highest BCUT2D eigenvalue weighted by molar-refractivity contribution is 5.15. The summed E-state index contributed by atoms with van der Waals surface area (Å²) in [5.74, 6) is 0. The molecule has 0 bridgehead atoms. The number of rotatable bonds is 9. The number of ether oxygens (including phenoxy) is 4. The van der Waals surface area contributed by atoms with Crippen molar-refractivity contribution in [2.75, 3.05) is 19.8 Å². The van der Waals surface area contributed by atoms with E-state index in [0.29, 0.717) is 6.42 Å². The SMILES string of the molecule is CC(O)C(Cc1ccccc1)OC1OC(COC2OCC(O)(CO)C2O)C(O)C(O)C1O. The molecule has 0 amide bonds. The zero-order valence-electron chi connectivity index (χ0n) is 17.7. The first-order valence-electron chi connectivity index (χ1n) is 10.5. The average molecular weight is 460 g/mol. The van der Waals surface area contributed by atoms with Crippen LogP contribution in [0, 0.1) is 0 Å². The minimum Gasteiger partial charge on any atom is -0.393 e. The van der Waals surface area contributed by atoms with Crippen molar-refractivity contribution in [3.8, 4) is 0 Å². The summed E-state index contributed by atoms with van der Waals surface area (Å²) in [6, 6.07) is 9.24. The smallest absolute Gasteiger partial charge is 0.187 e. The molecule has 7 N–H and O–H groups in total. The molecule has 32 heavy (non-hydrogen) atoms. The van der Waals surface area contributed by atoms with Gasteiger partial charge in [-0.25, -0.2) is 0 Å². The molecule has 0 radical (unpaired) electrons. The third-order valence-electron chi connectivity index (χ3n) is 5.80. The van der Waals surface area contributed by atoms with Crippen LogP contribution in [0.1, 0.15) is 12.5 Å². The van der Waals surface area contributed by atoms with Crippen LogP contribution in [0.25, 0.3) is 0 Å². The summed E-state index contributed by atoms with van der Waals surface area (Å²) in [5, 5.41) is 70.3. The molecular weight excluding hydrogens is 428 g/mol. The van der Waals surface area contributed by atoms with Gasteiger partial charge in [-0.1, -0.05) is 30.3 Å². The lowest BCUT2D eigenvalue weighted by molar-refractivity contribution is -0.323. The molecule has 0 saturated carbocycles. The van der Waals surface area contributed by atoms with Crippen LogP contribution in [-0.4, -0.2) is 116 Å². The van der Waals surface area contributed by atoms with E-state index in [2.05, 4.69) is 0 Å². The van der Waals surface area contributed by atoms with Crippen LogP contribution in [0.3, 0.4) is 0 Å². The molecule has 11 heteroatoms. The molecule has 0 aliphatic carbocycles. The van der Waals surface area contributed by atoms with E-state index in [0.717, 1.165) is 5.56 Å². The van der Waals surface area contributed by atoms with Crippen molar-refractivity contribution < 1.29 is 54.7 Å². The lowest BCUT2D eigenvalue weighted by Gasteiger charge is -2.42. The number of hydrogen-bond donors (Lipinski definition) is 7. The van der Waals surface area contributed by atoms with Crippen molar-refractivity contribution in [3.05, 3.63) is 35.9 Å². The van der Waals surface area contributed by atoms with Crippen LogP contribution < -0.4 is 0 Å². The average Bonchev–Trinajstić information content (AvgIpc) is 3.07. The molecule has 3 rings (SSSR count). The second-order valence-electron chi connectivity index (χ2n) is 8.34. The normalized spacial score (nSPS) is 39.7. The van der Waals surface area contributed by atoms with E-state index in [-0.39, 0.29) is 13.2 Å². The fourth-order valence-corrected chi connectivity index (χ4v) is 3.64. The molecule has 2 saturated heterocycles. The van der Waals surface area contributed by atoms with E-state index in [1.165, 1.54) is 6.92 Å². The second-order valence-corrected chi connectivity index (χ2v) is 8.34. The fraction of sp³-hybridized carbons (Fsp3) is 0.714. The highest BCUT2D eigenvalue weighted by Gasteiger charge is 2.50. The Morgan fingerprint density at radius 3 is 2.34 bits per heavy atom. The molecular formula is C21H32O11. The molecule has 11 nitrogen and oxygen atoms in total. The molecule has 0 aromatic heterocycles. The summed E-state index contributed by atoms with van der Waals surface area (Å²) in [6.45, 7) is 0.0491. The summed E-state index contributed by atoms with van der Waals surface area (Å²) in [7, 11) is 0. The number of hydrogen-bond acceptors (Lipinski definition) is 11. The van der Waals surface area contributed by atoms with Gasteiger partial charge in [-0.15, -0.1) is 0 Å². The van der Waals surface area contributed by atoms with E-state index >= 15 is 0 Å². The predicted octanol–water partition coefficient (Wildman–Crippen LogP) is -2.74. The summed E-state index contributed by atoms with van der Waals surface area (Å²) >= 11 is 0. The Kier molecular flexibility index (Phi) is 8.58. The van der Waals surface area contributed by atoms with Crippen molar-refractivity contribution in [2.45, 2.75) is 74.3 Å². The maximum absolute atomic E-state index is 10.3. The Balaban J connectivity index is 1.63. The zero-order valence-corrected chi connectivity index (χ0v) is 17.7. The summed E-state index contributed by atoms with van der Waals surface area (Å²) in [5.41, 5.74) is -0.993. The Morgan fingerprint density at radius 2 is 1.75 bits per heavy atom. The van der Waals surface area contributed by atoms with Crippen LogP contribution in [0.2, 0.25) is 0 Å². The van der Waals surface area contributed by atoms with Gasteiger partial charge in [0, 0.05) is 6.42 Å². The van der Waals surface area contributed by atoms with Gasteiger partial charge in [-0.2, -0.15) is 0 Å². The molecule has 10 unspecified atom stereocenters. The van der Waals surface area contributed by atoms with Crippen LogP contribution in [0.4, 0.5) is 0 Å². The van der Waals surface area contributed by atoms with E-state index in [1.54, 1.807) is 0 Å². The first-order valence-corrected chi connectivity index (χ1v) is 10.5. The van der Waals surface area contributed by atoms with Crippen LogP contribution in [0.5, 0.6) is 0 Å². The first-order chi connectivity index (χ1) is 15.2. The zero-order chi connectivity index (χ0) is 23.5. The highest BCUT2D eigenvalue weighted by Crippen LogP contribution is 2.28. The number of aliphatic hydroxyl groups excluding tert-OH is 6. The van der Waals surface area contributed by atoms with Crippen LogP contribution in [-0.2, 0) is 25.4 Å². The largest absolute Gasteiger partial charge is 0.393 e. The van der Waals surface area contributed by atoms with E-state index in [4.69, 9.17) is 18.9 Å². The van der Waals surface area contributed by atoms with Gasteiger partial charge in [-0.05, 0) is 12.5 Å². The molecule has 1 aromatic carbocycles. The van der Waals surface area contributed by atoms with Crippen molar-refractivity contribution >= 4 is 0 Å². The Labute approximate surface area is 185 Å². The maximum Gasteiger partial charge on any atom is 0.187 e. The molecule has 10 atom stereocenters. The van der Waals surface area contributed by atoms with Gasteiger partial charge < -0.3 is 54.7 Å². The van der Waals surface area contributed by atoms with Crippen LogP contribution >= 0.6 is 0 Å². The number of benzene rings is 1. The Morgan fingerprint density at radius 1 is 1.06 bits per heavy atom.